The lowest BCUT2D eigenvalue weighted by atomic mass is 10.0. The van der Waals surface area contributed by atoms with Crippen molar-refractivity contribution >= 4 is 193 Å². The van der Waals surface area contributed by atoms with Gasteiger partial charge >= 0.3 is 0 Å². The second-order valence-electron chi connectivity index (χ2n) is 36.6. The van der Waals surface area contributed by atoms with Crippen LogP contribution >= 0.6 is 34.0 Å². The lowest BCUT2D eigenvalue weighted by Gasteiger charge is -2.12. The van der Waals surface area contributed by atoms with Gasteiger partial charge in [0.15, 0.2) is 34.9 Å². The van der Waals surface area contributed by atoms with E-state index >= 15 is 0 Å². The summed E-state index contributed by atoms with van der Waals surface area (Å²) in [5.41, 5.74) is 20.1. The van der Waals surface area contributed by atoms with Crippen LogP contribution in [0.1, 0.15) is 0 Å². The van der Waals surface area contributed by atoms with Crippen molar-refractivity contribution in [2.45, 2.75) is 0 Å². The molecule has 0 N–H and O–H groups in total. The number of rotatable bonds is 13. The molecule has 0 bridgehead atoms. The SMILES string of the molecule is c1ccc(-c2nc(-c3ccccc3)nc(-n3c4ccc5c(nc(-c6ccccc6)n5-c5ccccc5)c4c4ccc5c6ccccc6sc5c43)n2)cc1.c1ccc(-c2nc(-c3ccccc3)nc(-n3c4ccc5ccccc5c4c4ccc5c6ccccc6sc5c43)n2)cc1.c1ccc(-c2nc(-c3ccccc3)nc(-n3c4ccc5nc(-c6ccccc6)n(-c6ccccc6)c5c4c4ccc5c6ccccc6sc5c43)n2)cc1. The first-order valence-electron chi connectivity index (χ1n) is 49.1. The molecule has 148 heavy (non-hydrogen) atoms. The number of aromatic nitrogens is 16. The molecule has 0 spiro atoms. The molecule has 0 radical (unpaired) electrons. The number of nitrogens with zero attached hydrogens (tertiary/aromatic N) is 16. The minimum absolute atomic E-state index is 0.563. The Morgan fingerprint density at radius 1 is 0.162 bits per heavy atom. The van der Waals surface area contributed by atoms with Gasteiger partial charge in [0.2, 0.25) is 17.8 Å². The van der Waals surface area contributed by atoms with Crippen LogP contribution in [0.4, 0.5) is 0 Å². The summed E-state index contributed by atoms with van der Waals surface area (Å²) >= 11 is 5.45. The van der Waals surface area contributed by atoms with E-state index in [4.69, 9.17) is 54.8 Å². The highest BCUT2D eigenvalue weighted by atomic mass is 32.1. The Morgan fingerprint density at radius 2 is 0.439 bits per heavy atom. The molecule has 31 rings (SSSR count). The number of hydrogen-bond acceptors (Lipinski definition) is 14. The van der Waals surface area contributed by atoms with Crippen LogP contribution in [-0.4, -0.2) is 77.7 Å². The highest BCUT2D eigenvalue weighted by Gasteiger charge is 2.31. The molecule has 11 aromatic heterocycles. The Morgan fingerprint density at radius 3 is 0.824 bits per heavy atom. The van der Waals surface area contributed by atoms with E-state index in [2.05, 4.69) is 375 Å². The van der Waals surface area contributed by atoms with E-state index in [0.29, 0.717) is 52.8 Å². The quantitative estimate of drug-likeness (QED) is 0.108. The zero-order valence-electron chi connectivity index (χ0n) is 78.9. The van der Waals surface area contributed by atoms with E-state index in [0.717, 1.165) is 144 Å². The van der Waals surface area contributed by atoms with E-state index in [9.17, 15) is 0 Å². The van der Waals surface area contributed by atoms with Crippen molar-refractivity contribution in [3.63, 3.8) is 0 Å². The number of fused-ring (bicyclic) bond motifs is 27. The molecule has 0 aliphatic heterocycles. The summed E-state index contributed by atoms with van der Waals surface area (Å²) in [5.74, 6) is 7.30. The van der Waals surface area contributed by atoms with Crippen LogP contribution in [-0.2, 0) is 0 Å². The molecule has 692 valence electrons. The maximum Gasteiger partial charge on any atom is 0.238 e. The fraction of sp³-hybridized carbons (Fsp3) is 0. The van der Waals surface area contributed by atoms with E-state index < -0.39 is 0 Å². The van der Waals surface area contributed by atoms with E-state index in [1.807, 2.05) is 144 Å². The molecule has 0 saturated heterocycles. The highest BCUT2D eigenvalue weighted by Crippen LogP contribution is 2.51. The van der Waals surface area contributed by atoms with Gasteiger partial charge in [-0.15, -0.1) is 34.0 Å². The predicted octanol–water partition coefficient (Wildman–Crippen LogP) is 33.2. The molecule has 0 aliphatic carbocycles. The summed E-state index contributed by atoms with van der Waals surface area (Å²) in [6, 6.07) is 164. The van der Waals surface area contributed by atoms with Crippen molar-refractivity contribution < 1.29 is 0 Å². The number of hydrogen-bond donors (Lipinski definition) is 0. The first-order chi connectivity index (χ1) is 73.4. The molecule has 0 fully saturated rings. The smallest absolute Gasteiger partial charge is 0.238 e. The monoisotopic (exact) mass is 1950 g/mol. The zero-order chi connectivity index (χ0) is 97.4. The number of benzene rings is 20. The third-order valence-corrected chi connectivity index (χ3v) is 31.6. The Balaban J connectivity index is 0.000000105. The Labute approximate surface area is 857 Å². The third-order valence-electron chi connectivity index (χ3n) is 28.0. The van der Waals surface area contributed by atoms with Crippen LogP contribution in [0.3, 0.4) is 0 Å². The molecule has 16 nitrogen and oxygen atoms in total. The second kappa shape index (κ2) is 35.4. The van der Waals surface area contributed by atoms with Crippen molar-refractivity contribution in [1.29, 1.82) is 0 Å². The summed E-state index contributed by atoms with van der Waals surface area (Å²) in [4.78, 5) is 57.2. The molecule has 20 aromatic carbocycles. The molecule has 0 amide bonds. The van der Waals surface area contributed by atoms with Gasteiger partial charge < -0.3 is 0 Å². The van der Waals surface area contributed by atoms with Crippen LogP contribution in [0.25, 0.3) is 279 Å². The lowest BCUT2D eigenvalue weighted by molar-refractivity contribution is 0.955. The maximum absolute atomic E-state index is 5.50. The Kier molecular flexibility index (Phi) is 20.4. The third kappa shape index (κ3) is 14.3. The minimum atomic E-state index is 0.563. The van der Waals surface area contributed by atoms with Gasteiger partial charge in [-0.2, -0.15) is 29.9 Å². The standard InChI is InChI=1S/2C46H28N6S.C37H22N4S/c1-5-15-29(16-6-1)43-48-44(30-17-7-2-8-18-30)50-46(49-43)52-37-28-27-36-41(51(32-21-11-4-12-22-32)45(47-36)31-19-9-3-10-20-31)39(37)35-26-25-34-33-23-13-14-24-38(33)53-42(34)40(35)52;1-5-15-29(16-6-1)43-48-44(30-17-7-2-8-18-30)50-46(49-43)52-36-27-28-37-40(47-45(31-19-9-3-10-20-31)51(37)32-21-11-4-12-22-32)39(36)35-26-25-34-33-23-13-14-24-38(33)53-42(34)41(35)52;1-3-12-24(13-4-1)35-38-36(25-14-5-2-6-15-25)40-37(39-35)41-30-22-19-23-11-7-8-16-26(23)32(30)29-21-20-28-27-17-9-10-18-31(27)42-34(28)33(29)41/h2*1-28H;1-22H. The van der Waals surface area contributed by atoms with Gasteiger partial charge in [0.1, 0.15) is 11.6 Å². The number of imidazole rings is 2. The maximum atomic E-state index is 5.50. The molecule has 0 unspecified atom stereocenters. The Bertz CT molecular complexity index is 10500. The van der Waals surface area contributed by atoms with Crippen LogP contribution in [0, 0.1) is 0 Å². The number of para-hydroxylation sites is 2. The van der Waals surface area contributed by atoms with Crippen molar-refractivity contribution in [3.05, 3.63) is 473 Å². The summed E-state index contributed by atoms with van der Waals surface area (Å²) < 4.78 is 18.7. The van der Waals surface area contributed by atoms with Gasteiger partial charge in [-0.25, -0.2) is 24.9 Å². The van der Waals surface area contributed by atoms with Gasteiger partial charge in [-0.1, -0.05) is 400 Å². The molecule has 19 heteroatoms. The summed E-state index contributed by atoms with van der Waals surface area (Å²) in [6.45, 7) is 0. The topological polar surface area (TPSA) is 166 Å². The van der Waals surface area contributed by atoms with Crippen molar-refractivity contribution in [2.24, 2.45) is 0 Å². The average molecular weight is 1950 g/mol. The predicted molar refractivity (Wildman–Crippen MR) is 611 cm³/mol. The van der Waals surface area contributed by atoms with Gasteiger partial charge in [-0.05, 0) is 83.6 Å². The van der Waals surface area contributed by atoms with Crippen molar-refractivity contribution in [3.8, 4) is 120 Å². The van der Waals surface area contributed by atoms with E-state index in [1.165, 1.54) is 82.1 Å². The number of thiophene rings is 3. The van der Waals surface area contributed by atoms with E-state index in [-0.39, 0.29) is 0 Å². The molecule has 11 heterocycles. The van der Waals surface area contributed by atoms with Crippen LogP contribution in [0.15, 0.2) is 473 Å². The molecule has 31 aromatic rings. The summed E-state index contributed by atoms with van der Waals surface area (Å²) in [7, 11) is 0. The van der Waals surface area contributed by atoms with Crippen LogP contribution in [0.5, 0.6) is 0 Å². The van der Waals surface area contributed by atoms with Gasteiger partial charge in [0.25, 0.3) is 0 Å². The normalized spacial score (nSPS) is 11.8. The highest BCUT2D eigenvalue weighted by molar-refractivity contribution is 7.27. The first-order valence-corrected chi connectivity index (χ1v) is 51.6. The lowest BCUT2D eigenvalue weighted by Crippen LogP contribution is -2.06. The molecule has 0 aliphatic rings. The largest absolute Gasteiger partial charge is 0.292 e. The van der Waals surface area contributed by atoms with Crippen LogP contribution < -0.4 is 0 Å². The average Bonchev–Trinajstić information content (AvgIpc) is 1.54. The van der Waals surface area contributed by atoms with E-state index in [1.54, 1.807) is 11.3 Å². The molecular weight excluding hydrogens is 1870 g/mol. The van der Waals surface area contributed by atoms with Gasteiger partial charge in [-0.3, -0.25) is 22.8 Å². The first kappa shape index (κ1) is 85.5. The molecule has 0 saturated carbocycles. The second-order valence-corrected chi connectivity index (χ2v) is 39.8. The van der Waals surface area contributed by atoms with Gasteiger partial charge in [0, 0.05) is 135 Å². The molecular formula is C129H78N16S3. The van der Waals surface area contributed by atoms with Crippen LogP contribution in [0.2, 0.25) is 0 Å². The zero-order valence-corrected chi connectivity index (χ0v) is 81.4. The van der Waals surface area contributed by atoms with Crippen molar-refractivity contribution in [2.75, 3.05) is 0 Å². The summed E-state index contributed by atoms with van der Waals surface area (Å²) in [5, 5.41) is 16.6. The van der Waals surface area contributed by atoms with Crippen molar-refractivity contribution in [1.82, 2.24) is 77.7 Å². The van der Waals surface area contributed by atoms with Gasteiger partial charge in [0.05, 0.1) is 69.3 Å². The Hall–Kier alpha value is -19.3. The fourth-order valence-electron chi connectivity index (χ4n) is 21.4. The fourth-order valence-corrected chi connectivity index (χ4v) is 25.1. The minimum Gasteiger partial charge on any atom is -0.292 e. The molecule has 0 atom stereocenters. The summed E-state index contributed by atoms with van der Waals surface area (Å²) in [6.07, 6.45) is 0.